The average molecular weight is 373 g/mol. The van der Waals surface area contributed by atoms with Gasteiger partial charge in [0.1, 0.15) is 11.5 Å². The number of aryl methyl sites for hydroxylation is 1. The first-order valence-electron chi connectivity index (χ1n) is 8.90. The average Bonchev–Trinajstić information content (AvgIpc) is 2.95. The summed E-state index contributed by atoms with van der Waals surface area (Å²) >= 11 is 0. The van der Waals surface area contributed by atoms with Crippen LogP contribution in [0.4, 0.5) is 4.39 Å². The summed E-state index contributed by atoms with van der Waals surface area (Å²) in [4.78, 5) is 39.3. The lowest BCUT2D eigenvalue weighted by molar-refractivity contribution is 0.0922. The van der Waals surface area contributed by atoms with Gasteiger partial charge >= 0.3 is 0 Å². The molecule has 3 N–H and O–H groups in total. The summed E-state index contributed by atoms with van der Waals surface area (Å²) in [5.41, 5.74) is 2.29. The van der Waals surface area contributed by atoms with Crippen molar-refractivity contribution in [1.29, 1.82) is 0 Å². The normalized spacial score (nSPS) is 10.5. The zero-order valence-electron chi connectivity index (χ0n) is 15.7. The Hall–Kier alpha value is -2.96. The molecule has 1 aromatic heterocycles. The van der Waals surface area contributed by atoms with Gasteiger partial charge in [-0.25, -0.2) is 4.39 Å². The molecular formula is C20H24FN3O3. The van der Waals surface area contributed by atoms with E-state index in [-0.39, 0.29) is 30.3 Å². The van der Waals surface area contributed by atoms with E-state index in [0.717, 1.165) is 12.0 Å². The zero-order chi connectivity index (χ0) is 20.0. The number of benzene rings is 1. The topological polar surface area (TPSA) is 91.1 Å². The predicted molar refractivity (Wildman–Crippen MR) is 101 cm³/mol. The minimum absolute atomic E-state index is 0.0415. The predicted octanol–water partition coefficient (Wildman–Crippen LogP) is 2.78. The number of rotatable bonds is 8. The summed E-state index contributed by atoms with van der Waals surface area (Å²) in [5.74, 6) is -1.55. The van der Waals surface area contributed by atoms with Crippen LogP contribution < -0.4 is 10.6 Å². The smallest absolute Gasteiger partial charge is 0.268 e. The minimum Gasteiger partial charge on any atom is -0.354 e. The second-order valence-corrected chi connectivity index (χ2v) is 6.28. The third kappa shape index (κ3) is 4.81. The molecule has 6 nitrogen and oxygen atoms in total. The molecule has 0 radical (unpaired) electrons. The Kier molecular flexibility index (Phi) is 6.87. The van der Waals surface area contributed by atoms with Gasteiger partial charge in [0.25, 0.3) is 11.8 Å². The number of aromatic nitrogens is 1. The van der Waals surface area contributed by atoms with Crippen LogP contribution in [0.25, 0.3) is 0 Å². The van der Waals surface area contributed by atoms with Gasteiger partial charge in [0, 0.05) is 24.3 Å². The van der Waals surface area contributed by atoms with E-state index in [1.807, 2.05) is 6.92 Å². The molecule has 0 bridgehead atoms. The highest BCUT2D eigenvalue weighted by molar-refractivity contribution is 6.02. The van der Waals surface area contributed by atoms with Crippen LogP contribution in [0.5, 0.6) is 0 Å². The van der Waals surface area contributed by atoms with Gasteiger partial charge < -0.3 is 15.6 Å². The molecule has 0 aliphatic heterocycles. The maximum Gasteiger partial charge on any atom is 0.268 e. The Morgan fingerprint density at radius 1 is 1.07 bits per heavy atom. The number of amides is 2. The number of ketones is 1. The van der Waals surface area contributed by atoms with Crippen LogP contribution >= 0.6 is 0 Å². The summed E-state index contributed by atoms with van der Waals surface area (Å²) < 4.78 is 13.6. The Morgan fingerprint density at radius 3 is 2.30 bits per heavy atom. The zero-order valence-corrected chi connectivity index (χ0v) is 15.7. The third-order valence-electron chi connectivity index (χ3n) is 4.18. The SMILES string of the molecule is CCCc1c(C(=O)NCCNC(=O)c2ccccc2F)[nH]c(C)c1C(C)=O. The highest BCUT2D eigenvalue weighted by atomic mass is 19.1. The van der Waals surface area contributed by atoms with E-state index in [4.69, 9.17) is 0 Å². The van der Waals surface area contributed by atoms with Crippen LogP contribution in [0, 0.1) is 12.7 Å². The Labute approximate surface area is 157 Å². The number of Topliss-reactive ketones (excluding diaryl/α,β-unsaturated/α-hetero) is 1. The van der Waals surface area contributed by atoms with Gasteiger partial charge in [-0.1, -0.05) is 25.5 Å². The molecule has 0 saturated heterocycles. The van der Waals surface area contributed by atoms with Crippen molar-refractivity contribution in [1.82, 2.24) is 15.6 Å². The number of nitrogens with one attached hydrogen (secondary N) is 3. The monoisotopic (exact) mass is 373 g/mol. The second kappa shape index (κ2) is 9.12. The van der Waals surface area contributed by atoms with E-state index in [1.54, 1.807) is 13.0 Å². The highest BCUT2D eigenvalue weighted by Gasteiger charge is 2.22. The van der Waals surface area contributed by atoms with E-state index in [0.29, 0.717) is 23.4 Å². The number of halogens is 1. The van der Waals surface area contributed by atoms with E-state index in [9.17, 15) is 18.8 Å². The van der Waals surface area contributed by atoms with Crippen molar-refractivity contribution in [3.63, 3.8) is 0 Å². The quantitative estimate of drug-likeness (QED) is 0.491. The number of hydrogen-bond acceptors (Lipinski definition) is 3. The van der Waals surface area contributed by atoms with Crippen molar-refractivity contribution >= 4 is 17.6 Å². The summed E-state index contributed by atoms with van der Waals surface area (Å²) in [6.45, 7) is 5.56. The van der Waals surface area contributed by atoms with Crippen LogP contribution in [0.3, 0.4) is 0 Å². The standard InChI is InChI=1S/C20H24FN3O3/c1-4-7-15-17(13(3)25)12(2)24-18(15)20(27)23-11-10-22-19(26)14-8-5-6-9-16(14)21/h5-6,8-9,24H,4,7,10-11H2,1-3H3,(H,22,26)(H,23,27). The van der Waals surface area contributed by atoms with Crippen LogP contribution in [-0.4, -0.2) is 35.7 Å². The molecule has 0 aliphatic rings. The van der Waals surface area contributed by atoms with Gasteiger partial charge in [0.2, 0.25) is 0 Å². The molecule has 0 aliphatic carbocycles. The minimum atomic E-state index is -0.595. The van der Waals surface area contributed by atoms with Crippen molar-refractivity contribution in [2.24, 2.45) is 0 Å². The number of carbonyl (C=O) groups excluding carboxylic acids is 3. The Balaban J connectivity index is 1.96. The van der Waals surface area contributed by atoms with Crippen molar-refractivity contribution < 1.29 is 18.8 Å². The number of aromatic amines is 1. The van der Waals surface area contributed by atoms with Crippen LogP contribution in [0.2, 0.25) is 0 Å². The fourth-order valence-corrected chi connectivity index (χ4v) is 3.03. The van der Waals surface area contributed by atoms with E-state index in [1.165, 1.54) is 25.1 Å². The highest BCUT2D eigenvalue weighted by Crippen LogP contribution is 2.21. The van der Waals surface area contributed by atoms with Gasteiger partial charge in [0.05, 0.1) is 5.56 Å². The first-order chi connectivity index (χ1) is 12.9. The second-order valence-electron chi connectivity index (χ2n) is 6.28. The molecule has 1 heterocycles. The van der Waals surface area contributed by atoms with E-state index in [2.05, 4.69) is 15.6 Å². The molecule has 7 heteroatoms. The maximum atomic E-state index is 13.6. The summed E-state index contributed by atoms with van der Waals surface area (Å²) in [6.07, 6.45) is 1.42. The molecule has 0 unspecified atom stereocenters. The first-order valence-corrected chi connectivity index (χ1v) is 8.90. The molecule has 27 heavy (non-hydrogen) atoms. The molecule has 144 valence electrons. The molecule has 2 aromatic rings. The molecule has 0 saturated carbocycles. The molecule has 0 spiro atoms. The van der Waals surface area contributed by atoms with Crippen LogP contribution in [0.15, 0.2) is 24.3 Å². The van der Waals surface area contributed by atoms with Gasteiger partial charge in [-0.05, 0) is 38.0 Å². The summed E-state index contributed by atoms with van der Waals surface area (Å²) in [5, 5.41) is 5.27. The molecule has 0 atom stereocenters. The lowest BCUT2D eigenvalue weighted by Crippen LogP contribution is -2.35. The first kappa shape index (κ1) is 20.4. The lowest BCUT2D eigenvalue weighted by Gasteiger charge is -2.09. The van der Waals surface area contributed by atoms with E-state index >= 15 is 0 Å². The maximum absolute atomic E-state index is 13.6. The lowest BCUT2D eigenvalue weighted by atomic mass is 10.0. The van der Waals surface area contributed by atoms with E-state index < -0.39 is 11.7 Å². The fraction of sp³-hybridized carbons (Fsp3) is 0.350. The van der Waals surface area contributed by atoms with Crippen LogP contribution in [0.1, 0.15) is 62.7 Å². The molecule has 1 aromatic carbocycles. The number of carbonyl (C=O) groups is 3. The number of hydrogen-bond donors (Lipinski definition) is 3. The molecule has 0 fully saturated rings. The number of H-pyrrole nitrogens is 1. The van der Waals surface area contributed by atoms with Crippen molar-refractivity contribution in [3.05, 3.63) is 58.2 Å². The van der Waals surface area contributed by atoms with Crippen molar-refractivity contribution in [2.75, 3.05) is 13.1 Å². The van der Waals surface area contributed by atoms with Gasteiger partial charge in [-0.3, -0.25) is 14.4 Å². The molecular weight excluding hydrogens is 349 g/mol. The fourth-order valence-electron chi connectivity index (χ4n) is 3.03. The largest absolute Gasteiger partial charge is 0.354 e. The Morgan fingerprint density at radius 2 is 1.70 bits per heavy atom. The molecule has 2 amide bonds. The van der Waals surface area contributed by atoms with Crippen molar-refractivity contribution in [2.45, 2.75) is 33.6 Å². The Bertz CT molecular complexity index is 858. The summed E-state index contributed by atoms with van der Waals surface area (Å²) in [6, 6.07) is 5.69. The summed E-state index contributed by atoms with van der Waals surface area (Å²) in [7, 11) is 0. The van der Waals surface area contributed by atoms with Gasteiger partial charge in [-0.2, -0.15) is 0 Å². The third-order valence-corrected chi connectivity index (χ3v) is 4.18. The van der Waals surface area contributed by atoms with Crippen molar-refractivity contribution in [3.8, 4) is 0 Å². The molecule has 2 rings (SSSR count). The van der Waals surface area contributed by atoms with Gasteiger partial charge in [-0.15, -0.1) is 0 Å². The van der Waals surface area contributed by atoms with Crippen LogP contribution in [-0.2, 0) is 6.42 Å². The van der Waals surface area contributed by atoms with Gasteiger partial charge in [0.15, 0.2) is 5.78 Å².